The van der Waals surface area contributed by atoms with E-state index in [1.54, 1.807) is 0 Å². The van der Waals surface area contributed by atoms with Gasteiger partial charge in [-0.25, -0.2) is 0 Å². The van der Waals surface area contributed by atoms with Gasteiger partial charge in [0.2, 0.25) is 0 Å². The van der Waals surface area contributed by atoms with Gasteiger partial charge in [0.15, 0.2) is 0 Å². The molecule has 86 valence electrons. The molecule has 0 radical (unpaired) electrons. The van der Waals surface area contributed by atoms with Gasteiger partial charge in [0, 0.05) is 18.7 Å². The Hall–Kier alpha value is -0.800. The number of hydrogen-bond donors (Lipinski definition) is 1. The second-order valence-electron chi connectivity index (χ2n) is 4.37. The van der Waals surface area contributed by atoms with Gasteiger partial charge in [-0.3, -0.25) is 0 Å². The molecule has 1 heterocycles. The van der Waals surface area contributed by atoms with Gasteiger partial charge in [0.25, 0.3) is 0 Å². The summed E-state index contributed by atoms with van der Waals surface area (Å²) in [6.45, 7) is 4.41. The van der Waals surface area contributed by atoms with Gasteiger partial charge < -0.3 is 10.6 Å². The summed E-state index contributed by atoms with van der Waals surface area (Å²) in [6.07, 6.45) is 1.23. The van der Waals surface area contributed by atoms with Crippen molar-refractivity contribution in [3.63, 3.8) is 0 Å². The van der Waals surface area contributed by atoms with E-state index in [-0.39, 0.29) is 0 Å². The van der Waals surface area contributed by atoms with Gasteiger partial charge in [-0.15, -0.1) is 0 Å². The number of hydrogen-bond acceptors (Lipinski definition) is 2. The molecule has 2 rings (SSSR count). The third-order valence-corrected chi connectivity index (χ3v) is 3.54. The van der Waals surface area contributed by atoms with Crippen molar-refractivity contribution in [1.29, 1.82) is 0 Å². The van der Waals surface area contributed by atoms with E-state index < -0.39 is 0 Å². The van der Waals surface area contributed by atoms with Crippen molar-refractivity contribution in [2.75, 3.05) is 18.0 Å². The third-order valence-electron chi connectivity index (χ3n) is 3.00. The van der Waals surface area contributed by atoms with Gasteiger partial charge in [-0.2, -0.15) is 0 Å². The fourth-order valence-electron chi connectivity index (χ4n) is 2.07. The first-order chi connectivity index (χ1) is 7.58. The summed E-state index contributed by atoms with van der Waals surface area (Å²) in [5.74, 6) is 0.742. The molecule has 0 saturated carbocycles. The Kier molecular flexibility index (Phi) is 3.36. The lowest BCUT2D eigenvalue weighted by atomic mass is 10.2. The summed E-state index contributed by atoms with van der Waals surface area (Å²) in [7, 11) is 0. The van der Waals surface area contributed by atoms with Crippen LogP contribution >= 0.6 is 23.8 Å². The first-order valence-electron chi connectivity index (χ1n) is 5.42. The zero-order valence-electron chi connectivity index (χ0n) is 9.24. The highest BCUT2D eigenvalue weighted by Crippen LogP contribution is 2.31. The summed E-state index contributed by atoms with van der Waals surface area (Å²) in [6, 6.07) is 5.80. The molecule has 4 heteroatoms. The predicted octanol–water partition coefficient (Wildman–Crippen LogP) is 2.82. The van der Waals surface area contributed by atoms with Gasteiger partial charge in [-0.1, -0.05) is 30.7 Å². The molecular formula is C12H15ClN2S. The number of nitrogens with zero attached hydrogens (tertiary/aromatic N) is 1. The molecule has 16 heavy (non-hydrogen) atoms. The van der Waals surface area contributed by atoms with Gasteiger partial charge in [0.1, 0.15) is 4.99 Å². The number of nitrogens with two attached hydrogens (primary N) is 1. The highest BCUT2D eigenvalue weighted by atomic mass is 35.5. The highest BCUT2D eigenvalue weighted by Gasteiger charge is 2.20. The van der Waals surface area contributed by atoms with Crippen LogP contribution in [0.15, 0.2) is 18.2 Å². The molecule has 2 nitrogen and oxygen atoms in total. The predicted molar refractivity (Wildman–Crippen MR) is 73.3 cm³/mol. The fourth-order valence-corrected chi connectivity index (χ4v) is 2.50. The Balaban J connectivity index is 2.26. The molecule has 0 amide bonds. The van der Waals surface area contributed by atoms with Crippen LogP contribution in [0.25, 0.3) is 0 Å². The van der Waals surface area contributed by atoms with E-state index >= 15 is 0 Å². The lowest BCUT2D eigenvalue weighted by Gasteiger charge is -2.20. The monoisotopic (exact) mass is 254 g/mol. The van der Waals surface area contributed by atoms with Crippen LogP contribution in [0.2, 0.25) is 5.02 Å². The lowest BCUT2D eigenvalue weighted by Crippen LogP contribution is -2.19. The molecule has 1 aromatic carbocycles. The van der Waals surface area contributed by atoms with Crippen molar-refractivity contribution in [1.82, 2.24) is 0 Å². The summed E-state index contributed by atoms with van der Waals surface area (Å²) >= 11 is 11.2. The molecule has 2 N–H and O–H groups in total. The van der Waals surface area contributed by atoms with Crippen molar-refractivity contribution in [3.05, 3.63) is 28.8 Å². The zero-order chi connectivity index (χ0) is 11.7. The minimum atomic E-state index is 0.392. The van der Waals surface area contributed by atoms with Crippen molar-refractivity contribution >= 4 is 34.5 Å². The second kappa shape index (κ2) is 4.60. The maximum absolute atomic E-state index is 6.24. The molecule has 1 fully saturated rings. The summed E-state index contributed by atoms with van der Waals surface area (Å²) in [5.41, 5.74) is 7.49. The standard InChI is InChI=1S/C12H15ClN2S/c1-8-4-5-15(7-8)11-3-2-9(12(14)16)6-10(11)13/h2-3,6,8H,4-5,7H2,1H3,(H2,14,16). The minimum Gasteiger partial charge on any atom is -0.389 e. The average Bonchev–Trinajstić information content (AvgIpc) is 2.64. The molecule has 1 unspecified atom stereocenters. The Morgan fingerprint density at radius 3 is 2.81 bits per heavy atom. The largest absolute Gasteiger partial charge is 0.389 e. The molecular weight excluding hydrogens is 240 g/mol. The molecule has 0 aliphatic carbocycles. The van der Waals surface area contributed by atoms with Crippen LogP contribution in [0.3, 0.4) is 0 Å². The molecule has 1 aromatic rings. The van der Waals surface area contributed by atoms with E-state index in [1.807, 2.05) is 18.2 Å². The van der Waals surface area contributed by atoms with Crippen LogP contribution in [-0.2, 0) is 0 Å². The molecule has 1 atom stereocenters. The lowest BCUT2D eigenvalue weighted by molar-refractivity contribution is 0.659. The van der Waals surface area contributed by atoms with E-state index in [0.717, 1.165) is 35.3 Å². The van der Waals surface area contributed by atoms with Crippen molar-refractivity contribution in [2.45, 2.75) is 13.3 Å². The number of anilines is 1. The maximum Gasteiger partial charge on any atom is 0.104 e. The number of benzene rings is 1. The minimum absolute atomic E-state index is 0.392. The smallest absolute Gasteiger partial charge is 0.104 e. The molecule has 1 saturated heterocycles. The number of thiocarbonyl (C=S) groups is 1. The van der Waals surface area contributed by atoms with Gasteiger partial charge in [-0.05, 0) is 30.5 Å². The normalized spacial score (nSPS) is 20.1. The van der Waals surface area contributed by atoms with Crippen LogP contribution < -0.4 is 10.6 Å². The topological polar surface area (TPSA) is 29.3 Å². The van der Waals surface area contributed by atoms with Crippen molar-refractivity contribution in [2.24, 2.45) is 11.7 Å². The Bertz CT molecular complexity index is 419. The fraction of sp³-hybridized carbons (Fsp3) is 0.417. The average molecular weight is 255 g/mol. The van der Waals surface area contributed by atoms with Gasteiger partial charge >= 0.3 is 0 Å². The van der Waals surface area contributed by atoms with Crippen LogP contribution in [0.4, 0.5) is 5.69 Å². The van der Waals surface area contributed by atoms with Crippen molar-refractivity contribution in [3.8, 4) is 0 Å². The Morgan fingerprint density at radius 1 is 1.56 bits per heavy atom. The van der Waals surface area contributed by atoms with E-state index in [4.69, 9.17) is 29.6 Å². The van der Waals surface area contributed by atoms with Crippen LogP contribution in [0, 0.1) is 5.92 Å². The van der Waals surface area contributed by atoms with Crippen molar-refractivity contribution < 1.29 is 0 Å². The van der Waals surface area contributed by atoms with Gasteiger partial charge in [0.05, 0.1) is 10.7 Å². The SMILES string of the molecule is CC1CCN(c2ccc(C(N)=S)cc2Cl)C1. The van der Waals surface area contributed by atoms with Crippen LogP contribution in [-0.4, -0.2) is 18.1 Å². The van der Waals surface area contributed by atoms with E-state index in [0.29, 0.717) is 4.99 Å². The highest BCUT2D eigenvalue weighted by molar-refractivity contribution is 7.80. The Labute approximate surface area is 106 Å². The van der Waals surface area contributed by atoms with E-state index in [1.165, 1.54) is 6.42 Å². The molecule has 0 bridgehead atoms. The molecule has 1 aliphatic rings. The third kappa shape index (κ3) is 2.30. The summed E-state index contributed by atoms with van der Waals surface area (Å²) in [5, 5.41) is 0.736. The quantitative estimate of drug-likeness (QED) is 0.823. The molecule has 0 aromatic heterocycles. The van der Waals surface area contributed by atoms with E-state index in [9.17, 15) is 0 Å². The molecule has 0 spiro atoms. The first-order valence-corrected chi connectivity index (χ1v) is 6.21. The van der Waals surface area contributed by atoms with Crippen LogP contribution in [0.1, 0.15) is 18.9 Å². The molecule has 1 aliphatic heterocycles. The number of rotatable bonds is 2. The number of halogens is 1. The van der Waals surface area contributed by atoms with E-state index in [2.05, 4.69) is 11.8 Å². The zero-order valence-corrected chi connectivity index (χ0v) is 10.8. The maximum atomic E-state index is 6.24. The second-order valence-corrected chi connectivity index (χ2v) is 5.22. The summed E-state index contributed by atoms with van der Waals surface area (Å²) < 4.78 is 0. The van der Waals surface area contributed by atoms with Crippen LogP contribution in [0.5, 0.6) is 0 Å². The first kappa shape index (κ1) is 11.7. The summed E-state index contributed by atoms with van der Waals surface area (Å²) in [4.78, 5) is 2.71. The Morgan fingerprint density at radius 2 is 2.31 bits per heavy atom.